The van der Waals surface area contributed by atoms with Gasteiger partial charge >= 0.3 is 5.97 Å². The predicted octanol–water partition coefficient (Wildman–Crippen LogP) is 2.01. The Balaban J connectivity index is 2.20. The highest BCUT2D eigenvalue weighted by molar-refractivity contribution is 8.00. The summed E-state index contributed by atoms with van der Waals surface area (Å²) in [5.74, 6) is 0.945. The lowest BCUT2D eigenvalue weighted by Crippen LogP contribution is -2.21. The Bertz CT molecular complexity index is 178. The Kier molecular flexibility index (Phi) is 5.33. The van der Waals surface area contributed by atoms with Gasteiger partial charge in [-0.1, -0.05) is 6.92 Å². The third kappa shape index (κ3) is 3.88. The van der Waals surface area contributed by atoms with Gasteiger partial charge in [0.15, 0.2) is 0 Å². The Labute approximate surface area is 89.2 Å². The fraction of sp³-hybridized carbons (Fsp3) is 0.900. The molecule has 1 aliphatic heterocycles. The van der Waals surface area contributed by atoms with Crippen molar-refractivity contribution >= 4 is 17.7 Å². The molecule has 0 radical (unpaired) electrons. The van der Waals surface area contributed by atoms with E-state index in [2.05, 4.69) is 0 Å². The molecule has 4 heteroatoms. The van der Waals surface area contributed by atoms with Gasteiger partial charge in [-0.2, -0.15) is 0 Å². The summed E-state index contributed by atoms with van der Waals surface area (Å²) in [7, 11) is 0. The minimum absolute atomic E-state index is 0.224. The molecular formula is C10H18O3S. The number of rotatable bonds is 5. The summed E-state index contributed by atoms with van der Waals surface area (Å²) in [4.78, 5) is 10.8. The van der Waals surface area contributed by atoms with Crippen LogP contribution in [0.2, 0.25) is 0 Å². The summed E-state index contributed by atoms with van der Waals surface area (Å²) in [6.07, 6.45) is 2.88. The van der Waals surface area contributed by atoms with Crippen molar-refractivity contribution < 1.29 is 14.6 Å². The molecule has 1 heterocycles. The van der Waals surface area contributed by atoms with E-state index < -0.39 is 5.97 Å². The molecule has 0 bridgehead atoms. The van der Waals surface area contributed by atoms with Gasteiger partial charge in [0.2, 0.25) is 0 Å². The first kappa shape index (κ1) is 11.9. The van der Waals surface area contributed by atoms with Gasteiger partial charge in [0.1, 0.15) is 5.25 Å². The molecule has 0 aliphatic carbocycles. The SMILES string of the molecule is CCC(SCC1CCOCC1)C(=O)O. The van der Waals surface area contributed by atoms with Crippen LogP contribution in [0.25, 0.3) is 0 Å². The first-order valence-corrected chi connectivity index (χ1v) is 6.21. The molecule has 14 heavy (non-hydrogen) atoms. The number of thioether (sulfide) groups is 1. The van der Waals surface area contributed by atoms with Gasteiger partial charge in [0.05, 0.1) is 0 Å². The van der Waals surface area contributed by atoms with Crippen LogP contribution in [0.1, 0.15) is 26.2 Å². The number of ether oxygens (including phenoxy) is 1. The summed E-state index contributed by atoms with van der Waals surface area (Å²) in [5, 5.41) is 8.63. The molecule has 1 unspecified atom stereocenters. The van der Waals surface area contributed by atoms with Gasteiger partial charge in [-0.25, -0.2) is 0 Å². The van der Waals surface area contributed by atoms with Crippen LogP contribution in [-0.2, 0) is 9.53 Å². The van der Waals surface area contributed by atoms with Crippen LogP contribution >= 0.6 is 11.8 Å². The second-order valence-corrected chi connectivity index (χ2v) is 4.86. The molecule has 82 valence electrons. The van der Waals surface area contributed by atoms with Crippen LogP contribution in [0.15, 0.2) is 0 Å². The van der Waals surface area contributed by atoms with Gasteiger partial charge in [0, 0.05) is 13.2 Å². The van der Waals surface area contributed by atoms with Crippen molar-refractivity contribution in [1.29, 1.82) is 0 Å². The van der Waals surface area contributed by atoms with Gasteiger partial charge in [-0.3, -0.25) is 4.79 Å². The normalized spacial score (nSPS) is 20.6. The largest absolute Gasteiger partial charge is 0.480 e. The molecule has 0 aromatic heterocycles. The second kappa shape index (κ2) is 6.30. The maximum absolute atomic E-state index is 10.8. The summed E-state index contributed by atoms with van der Waals surface area (Å²) in [6.45, 7) is 3.61. The Morgan fingerprint density at radius 2 is 2.21 bits per heavy atom. The molecule has 1 aliphatic rings. The van der Waals surface area contributed by atoms with Crippen LogP contribution < -0.4 is 0 Å². The highest BCUT2D eigenvalue weighted by atomic mass is 32.2. The summed E-state index contributed by atoms with van der Waals surface area (Å²) in [5.41, 5.74) is 0. The van der Waals surface area contributed by atoms with Crippen LogP contribution in [0.5, 0.6) is 0 Å². The fourth-order valence-corrected chi connectivity index (χ4v) is 2.75. The van der Waals surface area contributed by atoms with E-state index >= 15 is 0 Å². The third-order valence-electron chi connectivity index (χ3n) is 2.52. The predicted molar refractivity (Wildman–Crippen MR) is 57.7 cm³/mol. The van der Waals surface area contributed by atoms with Gasteiger partial charge < -0.3 is 9.84 Å². The van der Waals surface area contributed by atoms with Crippen molar-refractivity contribution in [2.24, 2.45) is 5.92 Å². The van der Waals surface area contributed by atoms with Crippen LogP contribution in [0, 0.1) is 5.92 Å². The first-order valence-electron chi connectivity index (χ1n) is 5.16. The number of aliphatic carboxylic acids is 1. The molecule has 3 nitrogen and oxygen atoms in total. The maximum Gasteiger partial charge on any atom is 0.316 e. The van der Waals surface area contributed by atoms with Crippen LogP contribution in [0.3, 0.4) is 0 Å². The van der Waals surface area contributed by atoms with Crippen molar-refractivity contribution in [3.8, 4) is 0 Å². The van der Waals surface area contributed by atoms with E-state index in [1.54, 1.807) is 11.8 Å². The molecule has 1 atom stereocenters. The molecule has 1 N–H and O–H groups in total. The Morgan fingerprint density at radius 3 is 2.71 bits per heavy atom. The summed E-state index contributed by atoms with van der Waals surface area (Å²) >= 11 is 1.58. The molecule has 0 aromatic carbocycles. The van der Waals surface area contributed by atoms with E-state index in [9.17, 15) is 4.79 Å². The highest BCUT2D eigenvalue weighted by Gasteiger charge is 2.19. The molecule has 0 aromatic rings. The van der Waals surface area contributed by atoms with E-state index in [0.29, 0.717) is 12.3 Å². The molecule has 1 fully saturated rings. The monoisotopic (exact) mass is 218 g/mol. The minimum Gasteiger partial charge on any atom is -0.480 e. The fourth-order valence-electron chi connectivity index (χ4n) is 1.53. The van der Waals surface area contributed by atoms with Crippen molar-refractivity contribution in [3.05, 3.63) is 0 Å². The first-order chi connectivity index (χ1) is 6.74. The van der Waals surface area contributed by atoms with Crippen molar-refractivity contribution in [2.75, 3.05) is 19.0 Å². The summed E-state index contributed by atoms with van der Waals surface area (Å²) < 4.78 is 5.25. The van der Waals surface area contributed by atoms with Crippen LogP contribution in [-0.4, -0.2) is 35.3 Å². The van der Waals surface area contributed by atoms with Gasteiger partial charge in [-0.05, 0) is 30.9 Å². The Morgan fingerprint density at radius 1 is 1.57 bits per heavy atom. The summed E-state index contributed by atoms with van der Waals surface area (Å²) in [6, 6.07) is 0. The minimum atomic E-state index is -0.676. The highest BCUT2D eigenvalue weighted by Crippen LogP contribution is 2.24. The maximum atomic E-state index is 10.8. The Hall–Kier alpha value is -0.220. The standard InChI is InChI=1S/C10H18O3S/c1-2-9(10(11)12)14-7-8-3-5-13-6-4-8/h8-9H,2-7H2,1H3,(H,11,12). The number of carboxylic acids is 1. The van der Waals surface area contributed by atoms with E-state index in [4.69, 9.17) is 9.84 Å². The average molecular weight is 218 g/mol. The zero-order valence-corrected chi connectivity index (χ0v) is 9.39. The lowest BCUT2D eigenvalue weighted by molar-refractivity contribution is -0.136. The van der Waals surface area contributed by atoms with Crippen molar-refractivity contribution in [2.45, 2.75) is 31.4 Å². The lowest BCUT2D eigenvalue weighted by Gasteiger charge is -2.22. The smallest absolute Gasteiger partial charge is 0.316 e. The third-order valence-corrected chi connectivity index (χ3v) is 4.12. The van der Waals surface area contributed by atoms with E-state index in [-0.39, 0.29) is 5.25 Å². The van der Waals surface area contributed by atoms with E-state index in [0.717, 1.165) is 31.8 Å². The van der Waals surface area contributed by atoms with Gasteiger partial charge in [-0.15, -0.1) is 11.8 Å². The second-order valence-electron chi connectivity index (χ2n) is 3.62. The quantitative estimate of drug-likeness (QED) is 0.766. The number of hydrogen-bond donors (Lipinski definition) is 1. The number of carbonyl (C=O) groups is 1. The molecule has 1 saturated heterocycles. The zero-order valence-electron chi connectivity index (χ0n) is 8.57. The molecule has 0 amide bonds. The van der Waals surface area contributed by atoms with E-state index in [1.807, 2.05) is 6.92 Å². The molecule has 0 saturated carbocycles. The molecule has 0 spiro atoms. The average Bonchev–Trinajstić information content (AvgIpc) is 2.20. The molecule has 1 rings (SSSR count). The zero-order chi connectivity index (χ0) is 10.4. The van der Waals surface area contributed by atoms with Crippen molar-refractivity contribution in [3.63, 3.8) is 0 Å². The number of carboxylic acid groups (broad SMARTS) is 1. The topological polar surface area (TPSA) is 46.5 Å². The van der Waals surface area contributed by atoms with Crippen LogP contribution in [0.4, 0.5) is 0 Å². The van der Waals surface area contributed by atoms with E-state index in [1.165, 1.54) is 0 Å². The lowest BCUT2D eigenvalue weighted by atomic mass is 10.0. The van der Waals surface area contributed by atoms with Crippen molar-refractivity contribution in [1.82, 2.24) is 0 Å². The molecular weight excluding hydrogens is 200 g/mol. The van der Waals surface area contributed by atoms with Gasteiger partial charge in [0.25, 0.3) is 0 Å². The number of hydrogen-bond acceptors (Lipinski definition) is 3.